The normalized spacial score (nSPS) is 20.1. The number of aryl methyl sites for hydroxylation is 1. The van der Waals surface area contributed by atoms with Crippen molar-refractivity contribution in [1.29, 1.82) is 0 Å². The van der Waals surface area contributed by atoms with Crippen LogP contribution >= 0.6 is 0 Å². The van der Waals surface area contributed by atoms with Gasteiger partial charge in [0, 0.05) is 32.4 Å². The molecule has 0 bridgehead atoms. The summed E-state index contributed by atoms with van der Waals surface area (Å²) >= 11 is 0. The van der Waals surface area contributed by atoms with Gasteiger partial charge in [-0.2, -0.15) is 0 Å². The quantitative estimate of drug-likeness (QED) is 0.843. The Morgan fingerprint density at radius 3 is 2.53 bits per heavy atom. The van der Waals surface area contributed by atoms with Gasteiger partial charge < -0.3 is 14.8 Å². The van der Waals surface area contributed by atoms with Crippen LogP contribution in [-0.4, -0.2) is 40.0 Å². The van der Waals surface area contributed by atoms with Crippen molar-refractivity contribution in [2.75, 3.05) is 25.0 Å². The summed E-state index contributed by atoms with van der Waals surface area (Å²) in [6, 6.07) is 0. The molecule has 104 valence electrons. The van der Waals surface area contributed by atoms with Gasteiger partial charge in [0.1, 0.15) is 5.69 Å². The predicted molar refractivity (Wildman–Crippen MR) is 74.3 cm³/mol. The highest BCUT2D eigenvalue weighted by Gasteiger charge is 2.21. The number of anilines is 1. The molecule has 1 N–H and O–H groups in total. The molecule has 1 aromatic heterocycles. The molecule has 19 heavy (non-hydrogen) atoms. The molecule has 1 aromatic rings. The molecule has 5 heteroatoms. The summed E-state index contributed by atoms with van der Waals surface area (Å²) in [5.74, 6) is 0.951. The highest BCUT2D eigenvalue weighted by Crippen LogP contribution is 2.17. The molecule has 1 amide bonds. The van der Waals surface area contributed by atoms with Crippen LogP contribution in [0.5, 0.6) is 0 Å². The largest absolute Gasteiger partial charge is 0.356 e. The van der Waals surface area contributed by atoms with E-state index in [9.17, 15) is 4.79 Å². The van der Waals surface area contributed by atoms with Crippen molar-refractivity contribution in [3.05, 3.63) is 11.9 Å². The molecule has 0 aliphatic carbocycles. The summed E-state index contributed by atoms with van der Waals surface area (Å²) in [6.45, 7) is 3.68. The third kappa shape index (κ3) is 2.74. The van der Waals surface area contributed by atoms with Crippen molar-refractivity contribution in [3.63, 3.8) is 0 Å². The third-order valence-corrected chi connectivity index (χ3v) is 4.00. The van der Waals surface area contributed by atoms with Crippen molar-refractivity contribution < 1.29 is 4.79 Å². The minimum absolute atomic E-state index is 0.102. The van der Waals surface area contributed by atoms with Crippen LogP contribution < -0.4 is 5.32 Å². The topological polar surface area (TPSA) is 50.2 Å². The van der Waals surface area contributed by atoms with Crippen LogP contribution in [0.15, 0.2) is 6.20 Å². The monoisotopic (exact) mass is 262 g/mol. The van der Waals surface area contributed by atoms with Gasteiger partial charge in [0.25, 0.3) is 5.91 Å². The number of carbonyl (C=O) groups is 1. The minimum atomic E-state index is 0.102. The second-order valence-electron chi connectivity index (χ2n) is 5.48. The van der Waals surface area contributed by atoms with Crippen LogP contribution in [0.25, 0.3) is 0 Å². The van der Waals surface area contributed by atoms with Gasteiger partial charge in [0.05, 0.1) is 0 Å². The highest BCUT2D eigenvalue weighted by molar-refractivity contribution is 5.92. The molecule has 2 aliphatic rings. The molecule has 0 atom stereocenters. The first-order valence-corrected chi connectivity index (χ1v) is 7.45. The van der Waals surface area contributed by atoms with E-state index in [1.807, 2.05) is 11.1 Å². The Hall–Kier alpha value is -1.52. The van der Waals surface area contributed by atoms with Gasteiger partial charge in [-0.1, -0.05) is 19.3 Å². The molecule has 2 aliphatic heterocycles. The van der Waals surface area contributed by atoms with E-state index in [0.717, 1.165) is 51.4 Å². The van der Waals surface area contributed by atoms with Crippen molar-refractivity contribution >= 4 is 11.9 Å². The number of imidazole rings is 1. The van der Waals surface area contributed by atoms with E-state index in [4.69, 9.17) is 0 Å². The summed E-state index contributed by atoms with van der Waals surface area (Å²) < 4.78 is 2.06. The number of amides is 1. The number of aromatic nitrogens is 2. The fourth-order valence-electron chi connectivity index (χ4n) is 2.89. The Balaban J connectivity index is 1.72. The van der Waals surface area contributed by atoms with Gasteiger partial charge in [-0.15, -0.1) is 0 Å². The average molecular weight is 262 g/mol. The third-order valence-electron chi connectivity index (χ3n) is 4.00. The smallest absolute Gasteiger partial charge is 0.274 e. The number of rotatable bonds is 1. The molecule has 0 aromatic carbocycles. The van der Waals surface area contributed by atoms with Crippen molar-refractivity contribution in [1.82, 2.24) is 14.5 Å². The first-order chi connectivity index (χ1) is 9.34. The van der Waals surface area contributed by atoms with Gasteiger partial charge >= 0.3 is 0 Å². The number of carbonyl (C=O) groups excluding carboxylic acids is 1. The molecule has 0 saturated carbocycles. The zero-order chi connectivity index (χ0) is 13.1. The van der Waals surface area contributed by atoms with Crippen LogP contribution in [0.1, 0.15) is 49.0 Å². The SMILES string of the molecule is O=C(c1cn2c(n1)NCCC2)N1CCCCCCC1. The van der Waals surface area contributed by atoms with Gasteiger partial charge in [-0.3, -0.25) is 4.79 Å². The maximum absolute atomic E-state index is 12.5. The maximum Gasteiger partial charge on any atom is 0.274 e. The van der Waals surface area contributed by atoms with Gasteiger partial charge in [-0.05, 0) is 19.3 Å². The lowest BCUT2D eigenvalue weighted by atomic mass is 10.1. The first kappa shape index (κ1) is 12.5. The fourth-order valence-corrected chi connectivity index (χ4v) is 2.89. The summed E-state index contributed by atoms with van der Waals surface area (Å²) in [6.07, 6.45) is 9.04. The second-order valence-corrected chi connectivity index (χ2v) is 5.48. The molecule has 1 saturated heterocycles. The van der Waals surface area contributed by atoms with E-state index >= 15 is 0 Å². The van der Waals surface area contributed by atoms with Gasteiger partial charge in [0.2, 0.25) is 5.95 Å². The molecule has 0 spiro atoms. The lowest BCUT2D eigenvalue weighted by Crippen LogP contribution is -2.34. The van der Waals surface area contributed by atoms with Crippen LogP contribution in [0.4, 0.5) is 5.95 Å². The van der Waals surface area contributed by atoms with E-state index in [1.54, 1.807) is 0 Å². The van der Waals surface area contributed by atoms with Gasteiger partial charge in [0.15, 0.2) is 0 Å². The molecule has 3 heterocycles. The highest BCUT2D eigenvalue weighted by atomic mass is 16.2. The second kappa shape index (κ2) is 5.63. The summed E-state index contributed by atoms with van der Waals surface area (Å²) in [5.41, 5.74) is 0.602. The molecule has 5 nitrogen and oxygen atoms in total. The summed E-state index contributed by atoms with van der Waals surface area (Å²) in [5, 5.41) is 3.24. The number of nitrogens with one attached hydrogen (secondary N) is 1. The van der Waals surface area contributed by atoms with Crippen molar-refractivity contribution in [2.24, 2.45) is 0 Å². The number of nitrogens with zero attached hydrogens (tertiary/aromatic N) is 3. The molecule has 1 fully saturated rings. The van der Waals surface area contributed by atoms with Crippen LogP contribution in [0.3, 0.4) is 0 Å². The Morgan fingerprint density at radius 2 is 1.79 bits per heavy atom. The Morgan fingerprint density at radius 1 is 1.05 bits per heavy atom. The lowest BCUT2D eigenvalue weighted by molar-refractivity contribution is 0.0737. The zero-order valence-electron chi connectivity index (χ0n) is 11.4. The molecular weight excluding hydrogens is 240 g/mol. The fraction of sp³-hybridized carbons (Fsp3) is 0.714. The Labute approximate surface area is 114 Å². The van der Waals surface area contributed by atoms with E-state index < -0.39 is 0 Å². The van der Waals surface area contributed by atoms with E-state index in [0.29, 0.717) is 5.69 Å². The Kier molecular flexibility index (Phi) is 3.71. The van der Waals surface area contributed by atoms with Gasteiger partial charge in [-0.25, -0.2) is 4.98 Å². The molecule has 0 unspecified atom stereocenters. The van der Waals surface area contributed by atoms with E-state index in [-0.39, 0.29) is 5.91 Å². The van der Waals surface area contributed by atoms with Crippen molar-refractivity contribution in [2.45, 2.75) is 45.1 Å². The molecule has 3 rings (SSSR count). The summed E-state index contributed by atoms with van der Waals surface area (Å²) in [4.78, 5) is 18.9. The number of likely N-dealkylation sites (tertiary alicyclic amines) is 1. The Bertz CT molecular complexity index is 423. The number of fused-ring (bicyclic) bond motifs is 1. The van der Waals surface area contributed by atoms with Crippen molar-refractivity contribution in [3.8, 4) is 0 Å². The zero-order valence-corrected chi connectivity index (χ0v) is 11.4. The van der Waals surface area contributed by atoms with Crippen LogP contribution in [-0.2, 0) is 6.54 Å². The van der Waals surface area contributed by atoms with E-state index in [1.165, 1.54) is 19.3 Å². The lowest BCUT2D eigenvalue weighted by Gasteiger charge is -2.23. The minimum Gasteiger partial charge on any atom is -0.356 e. The standard InChI is InChI=1S/C14H22N4O/c19-13(17-8-4-2-1-3-5-9-17)12-11-18-10-6-7-15-14(18)16-12/h11H,1-10H2,(H,15,16). The molecular formula is C14H22N4O. The predicted octanol–water partition coefficient (Wildman–Crippen LogP) is 2.10. The average Bonchev–Trinajstić information content (AvgIpc) is 2.81. The van der Waals surface area contributed by atoms with Crippen LogP contribution in [0, 0.1) is 0 Å². The number of hydrogen-bond acceptors (Lipinski definition) is 3. The maximum atomic E-state index is 12.5. The summed E-state index contributed by atoms with van der Waals surface area (Å²) in [7, 11) is 0. The number of hydrogen-bond donors (Lipinski definition) is 1. The first-order valence-electron chi connectivity index (χ1n) is 7.45. The van der Waals surface area contributed by atoms with Crippen LogP contribution in [0.2, 0.25) is 0 Å². The molecule has 0 radical (unpaired) electrons. The van der Waals surface area contributed by atoms with E-state index in [2.05, 4.69) is 14.9 Å².